The highest BCUT2D eigenvalue weighted by Crippen LogP contribution is 2.34. The van der Waals surface area contributed by atoms with Crippen molar-refractivity contribution in [3.05, 3.63) is 41.9 Å². The lowest BCUT2D eigenvalue weighted by molar-refractivity contribution is 0.0899. The van der Waals surface area contributed by atoms with Crippen LogP contribution < -0.4 is 4.74 Å². The Morgan fingerprint density at radius 2 is 1.85 bits per heavy atom. The van der Waals surface area contributed by atoms with Gasteiger partial charge in [-0.15, -0.1) is 0 Å². The Labute approximate surface area is 159 Å². The molecule has 2 aromatic heterocycles. The number of hydrogen-bond acceptors (Lipinski definition) is 4. The molecule has 0 aliphatic heterocycles. The Bertz CT molecular complexity index is 888. The highest BCUT2D eigenvalue weighted by atomic mass is 35.5. The fourth-order valence-corrected chi connectivity index (χ4v) is 3.70. The van der Waals surface area contributed by atoms with Crippen molar-refractivity contribution >= 4 is 30.7 Å². The lowest BCUT2D eigenvalue weighted by Crippen LogP contribution is -2.22. The minimum Gasteiger partial charge on any atom is -0.497 e. The summed E-state index contributed by atoms with van der Waals surface area (Å²) in [7, 11) is 0.549. The molecule has 0 aliphatic rings. The number of ether oxygens (including phenoxy) is 2. The molecular formula is C19H24ClN3O2Si. The molecule has 0 bridgehead atoms. The summed E-state index contributed by atoms with van der Waals surface area (Å²) in [5.41, 5.74) is 2.80. The molecule has 0 amide bonds. The van der Waals surface area contributed by atoms with E-state index in [1.54, 1.807) is 7.11 Å². The number of nitrogens with zero attached hydrogens (tertiary/aromatic N) is 3. The van der Waals surface area contributed by atoms with Gasteiger partial charge in [-0.05, 0) is 23.7 Å². The van der Waals surface area contributed by atoms with E-state index in [-0.39, 0.29) is 0 Å². The van der Waals surface area contributed by atoms with Gasteiger partial charge in [-0.25, -0.2) is 9.97 Å². The number of benzene rings is 1. The van der Waals surface area contributed by atoms with Crippen LogP contribution in [0.15, 0.2) is 36.8 Å². The summed E-state index contributed by atoms with van der Waals surface area (Å²) in [5, 5.41) is 1.29. The molecule has 5 nitrogen and oxygen atoms in total. The quantitative estimate of drug-likeness (QED) is 0.321. The molecule has 2 heterocycles. The van der Waals surface area contributed by atoms with Crippen LogP contribution in [0.2, 0.25) is 30.8 Å². The second-order valence-electron chi connectivity index (χ2n) is 7.45. The second-order valence-corrected chi connectivity index (χ2v) is 13.4. The van der Waals surface area contributed by atoms with Crippen LogP contribution in [-0.4, -0.2) is 36.3 Å². The molecule has 0 atom stereocenters. The molecule has 7 heteroatoms. The van der Waals surface area contributed by atoms with Gasteiger partial charge in [0.25, 0.3) is 0 Å². The Morgan fingerprint density at radius 3 is 2.50 bits per heavy atom. The standard InChI is InChI=1S/C19H24ClN3O2Si/c1-24-15-7-5-14(6-8-15)16-11-23(13-25-9-10-26(2,3)4)19-17(16)18(20)21-12-22-19/h5-8,11-12H,9-10,13H2,1-4H3. The molecule has 3 rings (SSSR count). The van der Waals surface area contributed by atoms with Crippen molar-refractivity contribution in [3.8, 4) is 16.9 Å². The number of rotatable bonds is 7. The Morgan fingerprint density at radius 1 is 1.12 bits per heavy atom. The molecule has 0 aliphatic carbocycles. The zero-order valence-corrected chi connectivity index (χ0v) is 17.4. The van der Waals surface area contributed by atoms with Gasteiger partial charge in [-0.3, -0.25) is 0 Å². The molecule has 0 saturated heterocycles. The monoisotopic (exact) mass is 389 g/mol. The molecule has 138 valence electrons. The normalized spacial score (nSPS) is 11.9. The maximum Gasteiger partial charge on any atom is 0.147 e. The third-order valence-corrected chi connectivity index (χ3v) is 6.23. The number of methoxy groups -OCH3 is 1. The van der Waals surface area contributed by atoms with Crippen molar-refractivity contribution < 1.29 is 9.47 Å². The van der Waals surface area contributed by atoms with Crippen LogP contribution in [0, 0.1) is 0 Å². The van der Waals surface area contributed by atoms with Crippen molar-refractivity contribution in [3.63, 3.8) is 0 Å². The van der Waals surface area contributed by atoms with Crippen LogP contribution in [0.25, 0.3) is 22.2 Å². The fraction of sp³-hybridized carbons (Fsp3) is 0.368. The van der Waals surface area contributed by atoms with Gasteiger partial charge in [0.1, 0.15) is 29.6 Å². The molecule has 0 spiro atoms. The summed E-state index contributed by atoms with van der Waals surface area (Å²) in [6.07, 6.45) is 3.52. The lowest BCUT2D eigenvalue weighted by atomic mass is 10.1. The average Bonchev–Trinajstić information content (AvgIpc) is 2.98. The number of hydrogen-bond donors (Lipinski definition) is 0. The van der Waals surface area contributed by atoms with E-state index in [9.17, 15) is 0 Å². The van der Waals surface area contributed by atoms with E-state index in [1.165, 1.54) is 6.33 Å². The van der Waals surface area contributed by atoms with Crippen LogP contribution >= 0.6 is 11.6 Å². The first-order valence-corrected chi connectivity index (χ1v) is 12.7. The largest absolute Gasteiger partial charge is 0.497 e. The van der Waals surface area contributed by atoms with E-state index in [1.807, 2.05) is 35.0 Å². The zero-order valence-electron chi connectivity index (χ0n) is 15.6. The molecule has 0 unspecified atom stereocenters. The lowest BCUT2D eigenvalue weighted by Gasteiger charge is -2.15. The summed E-state index contributed by atoms with van der Waals surface area (Å²) in [6, 6.07) is 9.01. The molecule has 1 aromatic carbocycles. The van der Waals surface area contributed by atoms with Gasteiger partial charge in [0.05, 0.1) is 12.5 Å². The minimum absolute atomic E-state index is 0.446. The van der Waals surface area contributed by atoms with Crippen molar-refractivity contribution in [2.24, 2.45) is 0 Å². The Kier molecular flexibility index (Phi) is 5.65. The Hall–Kier alpha value is -1.89. The van der Waals surface area contributed by atoms with E-state index in [0.717, 1.165) is 40.6 Å². The number of aromatic nitrogens is 3. The van der Waals surface area contributed by atoms with Crippen molar-refractivity contribution in [1.29, 1.82) is 0 Å². The van der Waals surface area contributed by atoms with E-state index in [2.05, 4.69) is 29.6 Å². The van der Waals surface area contributed by atoms with Crippen molar-refractivity contribution in [2.75, 3.05) is 13.7 Å². The predicted octanol–water partition coefficient (Wildman–Crippen LogP) is 5.07. The summed E-state index contributed by atoms with van der Waals surface area (Å²) >= 11 is 6.38. The van der Waals surface area contributed by atoms with E-state index in [0.29, 0.717) is 11.9 Å². The summed E-state index contributed by atoms with van der Waals surface area (Å²) in [5.74, 6) is 0.814. The summed E-state index contributed by atoms with van der Waals surface area (Å²) in [6.45, 7) is 8.24. The van der Waals surface area contributed by atoms with E-state index >= 15 is 0 Å². The van der Waals surface area contributed by atoms with Crippen LogP contribution in [-0.2, 0) is 11.5 Å². The number of halogens is 1. The third-order valence-electron chi connectivity index (χ3n) is 4.24. The highest BCUT2D eigenvalue weighted by Gasteiger charge is 2.16. The Balaban J connectivity index is 1.91. The third kappa shape index (κ3) is 4.26. The first kappa shape index (κ1) is 18.9. The van der Waals surface area contributed by atoms with Crippen LogP contribution in [0.4, 0.5) is 0 Å². The maximum absolute atomic E-state index is 6.38. The molecule has 0 N–H and O–H groups in total. The molecular weight excluding hydrogens is 366 g/mol. The fourth-order valence-electron chi connectivity index (χ4n) is 2.72. The molecule has 3 aromatic rings. The summed E-state index contributed by atoms with van der Waals surface area (Å²) in [4.78, 5) is 8.57. The first-order valence-electron chi connectivity index (χ1n) is 8.60. The van der Waals surface area contributed by atoms with Crippen molar-refractivity contribution in [1.82, 2.24) is 14.5 Å². The van der Waals surface area contributed by atoms with Gasteiger partial charge in [0, 0.05) is 26.4 Å². The first-order chi connectivity index (χ1) is 12.4. The maximum atomic E-state index is 6.38. The predicted molar refractivity (Wildman–Crippen MR) is 109 cm³/mol. The van der Waals surface area contributed by atoms with Gasteiger partial charge in [0.2, 0.25) is 0 Å². The smallest absolute Gasteiger partial charge is 0.147 e. The van der Waals surface area contributed by atoms with Crippen LogP contribution in [0.1, 0.15) is 0 Å². The second kappa shape index (κ2) is 7.78. The van der Waals surface area contributed by atoms with Crippen molar-refractivity contribution in [2.45, 2.75) is 32.4 Å². The average molecular weight is 390 g/mol. The highest BCUT2D eigenvalue weighted by molar-refractivity contribution is 6.76. The zero-order chi connectivity index (χ0) is 18.7. The molecule has 26 heavy (non-hydrogen) atoms. The topological polar surface area (TPSA) is 49.2 Å². The number of fused-ring (bicyclic) bond motifs is 1. The van der Waals surface area contributed by atoms with Crippen LogP contribution in [0.5, 0.6) is 5.75 Å². The molecule has 0 radical (unpaired) electrons. The SMILES string of the molecule is COc1ccc(-c2cn(COCC[Si](C)(C)C)c3ncnc(Cl)c23)cc1. The van der Waals surface area contributed by atoms with Gasteiger partial charge in [0.15, 0.2) is 0 Å². The van der Waals surface area contributed by atoms with E-state index in [4.69, 9.17) is 21.1 Å². The van der Waals surface area contributed by atoms with E-state index < -0.39 is 8.07 Å². The van der Waals surface area contributed by atoms with Gasteiger partial charge in [-0.1, -0.05) is 43.4 Å². The summed E-state index contributed by atoms with van der Waals surface area (Å²) < 4.78 is 13.1. The van der Waals surface area contributed by atoms with Gasteiger partial charge >= 0.3 is 0 Å². The van der Waals surface area contributed by atoms with Crippen LogP contribution in [0.3, 0.4) is 0 Å². The molecule has 0 fully saturated rings. The molecule has 0 saturated carbocycles. The van der Waals surface area contributed by atoms with Gasteiger partial charge < -0.3 is 14.0 Å². The van der Waals surface area contributed by atoms with Gasteiger partial charge in [-0.2, -0.15) is 0 Å². The minimum atomic E-state index is -1.11.